The predicted molar refractivity (Wildman–Crippen MR) is 164 cm³/mol. The zero-order chi connectivity index (χ0) is 27.9. The Morgan fingerprint density at radius 3 is 2.21 bits per heavy atom. The van der Waals surface area contributed by atoms with Crippen molar-refractivity contribution in [1.29, 1.82) is 0 Å². The average molecular weight is 523 g/mol. The first-order valence-electron chi connectivity index (χ1n) is 13.4. The predicted octanol–water partition coefficient (Wildman–Crippen LogP) is 5.93. The lowest BCUT2D eigenvalue weighted by atomic mass is 10.2. The third-order valence-corrected chi connectivity index (χ3v) is 5.73. The van der Waals surface area contributed by atoms with Gasteiger partial charge in [-0.3, -0.25) is 9.80 Å². The molecular weight excluding hydrogens is 484 g/mol. The Bertz CT molecular complexity index is 1420. The number of aromatic nitrogens is 3. The molecule has 0 saturated heterocycles. The van der Waals surface area contributed by atoms with Crippen LogP contribution in [0.15, 0.2) is 119 Å². The minimum atomic E-state index is -0.143. The highest BCUT2D eigenvalue weighted by Crippen LogP contribution is 2.18. The first-order valence-corrected chi connectivity index (χ1v) is 13.4. The van der Waals surface area contributed by atoms with Gasteiger partial charge in [0.1, 0.15) is 0 Å². The van der Waals surface area contributed by atoms with Gasteiger partial charge in [0.15, 0.2) is 0 Å². The van der Waals surface area contributed by atoms with Gasteiger partial charge in [-0.1, -0.05) is 75.4 Å². The molecular formula is C32H38N6O. The zero-order valence-electron chi connectivity index (χ0n) is 23.2. The molecule has 3 aliphatic rings. The molecule has 0 radical (unpaired) electrons. The van der Waals surface area contributed by atoms with E-state index in [9.17, 15) is 4.79 Å². The number of anilines is 1. The Kier molecular flexibility index (Phi) is 11.7. The summed E-state index contributed by atoms with van der Waals surface area (Å²) in [5, 5.41) is 13.8. The molecule has 2 aromatic carbocycles. The van der Waals surface area contributed by atoms with E-state index in [-0.39, 0.29) is 5.56 Å². The number of hydrogen-bond donors (Lipinski definition) is 1. The van der Waals surface area contributed by atoms with Crippen molar-refractivity contribution in [3.05, 3.63) is 125 Å². The van der Waals surface area contributed by atoms with Crippen molar-refractivity contribution in [3.63, 3.8) is 0 Å². The molecule has 202 valence electrons. The van der Waals surface area contributed by atoms with Crippen LogP contribution in [0.5, 0.6) is 0 Å². The summed E-state index contributed by atoms with van der Waals surface area (Å²) in [7, 11) is 1.93. The van der Waals surface area contributed by atoms with Crippen LogP contribution in [0.4, 0.5) is 5.69 Å². The quantitative estimate of drug-likeness (QED) is 0.353. The van der Waals surface area contributed by atoms with Crippen molar-refractivity contribution >= 4 is 11.9 Å². The Labute approximate surface area is 231 Å². The number of hydrazone groups is 1. The van der Waals surface area contributed by atoms with Gasteiger partial charge in [0.2, 0.25) is 0 Å². The van der Waals surface area contributed by atoms with Crippen molar-refractivity contribution in [2.75, 3.05) is 25.1 Å². The molecule has 3 aliphatic heterocycles. The standard InChI is InChI=1S/C27H23N5O.C3H9N.C2H6/c33-27-25-21-30(20-22-13-15-23(16-14-22)31-19-9-7-17-28-31)18-8-2-1-6-12-26(25)29-32(27)24-10-4-3-5-11-24;1-3-4-2;1-2/h1-18,21H,19-20H2;4H,3H2,1-2H3;1-2H3. The van der Waals surface area contributed by atoms with Crippen molar-refractivity contribution in [2.24, 2.45) is 5.10 Å². The van der Waals surface area contributed by atoms with Gasteiger partial charge in [-0.05, 0) is 61.6 Å². The molecule has 39 heavy (non-hydrogen) atoms. The molecule has 1 N–H and O–H groups in total. The second kappa shape index (κ2) is 15.7. The van der Waals surface area contributed by atoms with E-state index in [1.165, 1.54) is 4.68 Å². The van der Waals surface area contributed by atoms with E-state index >= 15 is 0 Å². The Morgan fingerprint density at radius 2 is 1.54 bits per heavy atom. The monoisotopic (exact) mass is 522 g/mol. The largest absolute Gasteiger partial charge is 0.349 e. The topological polar surface area (TPSA) is 67.5 Å². The highest BCUT2D eigenvalue weighted by Gasteiger charge is 2.14. The van der Waals surface area contributed by atoms with Crippen LogP contribution in [0.2, 0.25) is 0 Å². The van der Waals surface area contributed by atoms with Crippen LogP contribution in [-0.2, 0) is 6.54 Å². The number of nitrogens with zero attached hydrogens (tertiary/aromatic N) is 5. The lowest BCUT2D eigenvalue weighted by Gasteiger charge is -2.19. The number of hydrogen-bond acceptors (Lipinski definition) is 5. The van der Waals surface area contributed by atoms with E-state index in [1.54, 1.807) is 6.21 Å². The van der Waals surface area contributed by atoms with E-state index in [4.69, 9.17) is 0 Å². The molecule has 7 nitrogen and oxygen atoms in total. The highest BCUT2D eigenvalue weighted by atomic mass is 16.1. The molecule has 0 fully saturated rings. The molecule has 0 atom stereocenters. The first kappa shape index (κ1) is 29.1. The smallest absolute Gasteiger partial charge is 0.282 e. The van der Waals surface area contributed by atoms with Gasteiger partial charge >= 0.3 is 0 Å². The van der Waals surface area contributed by atoms with Gasteiger partial charge in [0.25, 0.3) is 5.56 Å². The fourth-order valence-corrected chi connectivity index (χ4v) is 3.71. The van der Waals surface area contributed by atoms with Crippen LogP contribution < -0.4 is 15.9 Å². The second-order valence-electron chi connectivity index (χ2n) is 8.39. The van der Waals surface area contributed by atoms with Gasteiger partial charge in [-0.15, -0.1) is 0 Å². The van der Waals surface area contributed by atoms with Crippen molar-refractivity contribution in [1.82, 2.24) is 19.7 Å². The van der Waals surface area contributed by atoms with E-state index < -0.39 is 0 Å². The van der Waals surface area contributed by atoms with Gasteiger partial charge in [-0.2, -0.15) is 14.9 Å². The third kappa shape index (κ3) is 8.25. The third-order valence-electron chi connectivity index (χ3n) is 5.73. The minimum Gasteiger partial charge on any atom is -0.349 e. The zero-order valence-corrected chi connectivity index (χ0v) is 23.2. The minimum absolute atomic E-state index is 0.143. The van der Waals surface area contributed by atoms with Gasteiger partial charge < -0.3 is 9.88 Å². The van der Waals surface area contributed by atoms with E-state index in [0.29, 0.717) is 17.8 Å². The first-order chi connectivity index (χ1) is 19.2. The normalized spacial score (nSPS) is 11.6. The summed E-state index contributed by atoms with van der Waals surface area (Å²) in [5.41, 5.74) is 3.96. The lowest BCUT2D eigenvalue weighted by Crippen LogP contribution is -2.18. The van der Waals surface area contributed by atoms with Crippen LogP contribution in [0.3, 0.4) is 0 Å². The van der Waals surface area contributed by atoms with Crippen molar-refractivity contribution < 1.29 is 0 Å². The van der Waals surface area contributed by atoms with Crippen LogP contribution >= 0.6 is 0 Å². The fourth-order valence-electron chi connectivity index (χ4n) is 3.71. The summed E-state index contributed by atoms with van der Waals surface area (Å²) in [5.74, 6) is 0. The molecule has 0 unspecified atom stereocenters. The molecule has 0 aromatic heterocycles. The highest BCUT2D eigenvalue weighted by molar-refractivity contribution is 5.74. The van der Waals surface area contributed by atoms with Crippen LogP contribution in [0.1, 0.15) is 26.3 Å². The number of benzene rings is 2. The molecule has 0 amide bonds. The summed E-state index contributed by atoms with van der Waals surface area (Å²) < 4.78 is 3.47. The van der Waals surface area contributed by atoms with Crippen LogP contribution in [0, 0.1) is 0 Å². The summed E-state index contributed by atoms with van der Waals surface area (Å²) in [4.78, 5) is 13.2. The second-order valence-corrected chi connectivity index (χ2v) is 8.39. The maximum absolute atomic E-state index is 13.2. The number of nitrogens with one attached hydrogen (secondary N) is 1. The average Bonchev–Trinajstić information content (AvgIpc) is 3.32. The summed E-state index contributed by atoms with van der Waals surface area (Å²) in [6.45, 7) is 8.52. The number of allylic oxidation sites excluding steroid dienone is 1. The summed E-state index contributed by atoms with van der Waals surface area (Å²) >= 11 is 0. The van der Waals surface area contributed by atoms with Gasteiger partial charge in [0.05, 0.1) is 29.2 Å². The van der Waals surface area contributed by atoms with Crippen LogP contribution in [0.25, 0.3) is 16.9 Å². The fraction of sp³-hybridized carbons (Fsp3) is 0.219. The van der Waals surface area contributed by atoms with E-state index in [1.807, 2.05) is 110 Å². The van der Waals surface area contributed by atoms with Crippen LogP contribution in [-0.4, -0.2) is 40.7 Å². The van der Waals surface area contributed by atoms with Crippen molar-refractivity contribution in [2.45, 2.75) is 27.3 Å². The lowest BCUT2D eigenvalue weighted by molar-refractivity contribution is 0.794. The number of fused-ring (bicyclic) bond motifs is 1. The Morgan fingerprint density at radius 1 is 0.872 bits per heavy atom. The molecule has 5 rings (SSSR count). The molecule has 0 spiro atoms. The molecule has 0 aliphatic carbocycles. The number of para-hydroxylation sites is 1. The molecule has 7 heteroatoms. The van der Waals surface area contributed by atoms with Gasteiger partial charge in [-0.25, -0.2) is 0 Å². The van der Waals surface area contributed by atoms with Gasteiger partial charge in [0, 0.05) is 25.2 Å². The molecule has 0 saturated carbocycles. The SMILES string of the molecule is CC.CCNC.O=c1c2cn(Cc3ccc(N4CC=CC=N4)cc3)ccccccc-2nn1-c1ccccc1. The Balaban J connectivity index is 0.000000644. The number of rotatable bonds is 5. The van der Waals surface area contributed by atoms with E-state index in [2.05, 4.69) is 52.8 Å². The summed E-state index contributed by atoms with van der Waals surface area (Å²) in [6, 6.07) is 27.4. The van der Waals surface area contributed by atoms with E-state index in [0.717, 1.165) is 30.0 Å². The maximum atomic E-state index is 13.2. The molecule has 3 heterocycles. The maximum Gasteiger partial charge on any atom is 0.282 e. The summed E-state index contributed by atoms with van der Waals surface area (Å²) in [6.07, 6.45) is 9.65. The Hall–Kier alpha value is -4.49. The van der Waals surface area contributed by atoms with Crippen molar-refractivity contribution in [3.8, 4) is 16.9 Å². The molecule has 2 aromatic rings. The molecule has 0 bridgehead atoms.